The van der Waals surface area contributed by atoms with Crippen LogP contribution in [0.1, 0.15) is 18.5 Å². The number of rotatable bonds is 4. The van der Waals surface area contributed by atoms with Gasteiger partial charge < -0.3 is 5.73 Å². The lowest BCUT2D eigenvalue weighted by atomic mass is 9.97. The fourth-order valence-corrected chi connectivity index (χ4v) is 4.28. The Morgan fingerprint density at radius 2 is 1.67 bits per heavy atom. The molecule has 1 nitrogen and oxygen atoms in total. The second kappa shape index (κ2) is 4.95. The third kappa shape index (κ3) is 4.18. The maximum atomic E-state index is 6.27. The topological polar surface area (TPSA) is 26.0 Å². The Morgan fingerprint density at radius 3 is 2.13 bits per heavy atom. The molecule has 0 spiro atoms. The van der Waals surface area contributed by atoms with Crippen molar-refractivity contribution in [3.8, 4) is 0 Å². The van der Waals surface area contributed by atoms with Gasteiger partial charge in [0.05, 0.1) is 0 Å². The van der Waals surface area contributed by atoms with Crippen LogP contribution in [0, 0.1) is 5.92 Å². The molecule has 84 valence electrons. The van der Waals surface area contributed by atoms with Gasteiger partial charge in [0.1, 0.15) is 0 Å². The second-order valence-electron chi connectivity index (χ2n) is 5.68. The smallest absolute Gasteiger partial charge is 0.0446 e. The van der Waals surface area contributed by atoms with Gasteiger partial charge in [-0.25, -0.2) is 0 Å². The summed E-state index contributed by atoms with van der Waals surface area (Å²) in [6.07, 6.45) is 0. The zero-order valence-corrected chi connectivity index (χ0v) is 11.3. The Kier molecular flexibility index (Phi) is 4.11. The van der Waals surface area contributed by atoms with Crippen molar-refractivity contribution in [1.29, 1.82) is 0 Å². The zero-order chi connectivity index (χ0) is 11.5. The van der Waals surface area contributed by atoms with Crippen molar-refractivity contribution in [2.75, 3.05) is 0 Å². The van der Waals surface area contributed by atoms with E-state index in [0.29, 0.717) is 5.92 Å². The normalized spacial score (nSPS) is 16.1. The van der Waals surface area contributed by atoms with Gasteiger partial charge in [0, 0.05) is 14.1 Å². The molecule has 0 radical (unpaired) electrons. The highest BCUT2D eigenvalue weighted by molar-refractivity contribution is 6.76. The summed E-state index contributed by atoms with van der Waals surface area (Å²) in [5, 5.41) is 0. The van der Waals surface area contributed by atoms with Gasteiger partial charge in [-0.15, -0.1) is 0 Å². The molecule has 2 heteroatoms. The Hall–Kier alpha value is -0.603. The van der Waals surface area contributed by atoms with Crippen molar-refractivity contribution in [2.24, 2.45) is 11.7 Å². The first-order chi connectivity index (χ1) is 6.90. The van der Waals surface area contributed by atoms with E-state index in [0.717, 1.165) is 0 Å². The SMILES string of the molecule is CC(C[Si](C)(C)C)C(N)c1ccccc1. The molecule has 0 bridgehead atoms. The quantitative estimate of drug-likeness (QED) is 0.772. The van der Waals surface area contributed by atoms with Crippen LogP contribution in [0.25, 0.3) is 0 Å². The van der Waals surface area contributed by atoms with Crippen molar-refractivity contribution in [1.82, 2.24) is 0 Å². The highest BCUT2D eigenvalue weighted by Crippen LogP contribution is 2.26. The van der Waals surface area contributed by atoms with E-state index < -0.39 is 8.07 Å². The third-order valence-electron chi connectivity index (χ3n) is 2.73. The Bertz CT molecular complexity index is 289. The second-order valence-corrected chi connectivity index (χ2v) is 11.2. The molecule has 0 saturated carbocycles. The molecule has 15 heavy (non-hydrogen) atoms. The maximum Gasteiger partial charge on any atom is 0.0446 e. The first kappa shape index (κ1) is 12.5. The third-order valence-corrected chi connectivity index (χ3v) is 4.60. The number of benzene rings is 1. The minimum absolute atomic E-state index is 0.193. The first-order valence-corrected chi connectivity index (χ1v) is 9.41. The molecule has 0 aliphatic carbocycles. The predicted molar refractivity (Wildman–Crippen MR) is 70.7 cm³/mol. The summed E-state index contributed by atoms with van der Waals surface area (Å²) in [6, 6.07) is 11.9. The Balaban J connectivity index is 2.65. The molecule has 1 rings (SSSR count). The highest BCUT2D eigenvalue weighted by atomic mass is 28.3. The van der Waals surface area contributed by atoms with Gasteiger partial charge >= 0.3 is 0 Å². The summed E-state index contributed by atoms with van der Waals surface area (Å²) in [5.41, 5.74) is 7.53. The summed E-state index contributed by atoms with van der Waals surface area (Å²) in [4.78, 5) is 0. The van der Waals surface area contributed by atoms with E-state index in [1.54, 1.807) is 0 Å². The Morgan fingerprint density at radius 1 is 1.13 bits per heavy atom. The molecule has 0 aromatic heterocycles. The average Bonchev–Trinajstić information content (AvgIpc) is 2.15. The average molecular weight is 221 g/mol. The van der Waals surface area contributed by atoms with Gasteiger partial charge in [-0.3, -0.25) is 0 Å². The Labute approximate surface area is 94.7 Å². The molecule has 1 aromatic rings. The van der Waals surface area contributed by atoms with Gasteiger partial charge in [-0.2, -0.15) is 0 Å². The molecule has 0 heterocycles. The predicted octanol–water partition coefficient (Wildman–Crippen LogP) is 3.66. The summed E-state index contributed by atoms with van der Waals surface area (Å²) in [7, 11) is -0.996. The fraction of sp³-hybridized carbons (Fsp3) is 0.538. The summed E-state index contributed by atoms with van der Waals surface area (Å²) in [5.74, 6) is 0.582. The van der Waals surface area contributed by atoms with Crippen molar-refractivity contribution in [3.05, 3.63) is 35.9 Å². The van der Waals surface area contributed by atoms with Crippen molar-refractivity contribution in [3.63, 3.8) is 0 Å². The summed E-state index contributed by atoms with van der Waals surface area (Å²) < 4.78 is 0. The number of hydrogen-bond acceptors (Lipinski definition) is 1. The first-order valence-electron chi connectivity index (χ1n) is 5.71. The van der Waals surface area contributed by atoms with Crippen LogP contribution < -0.4 is 5.73 Å². The van der Waals surface area contributed by atoms with Crippen LogP contribution in [0.3, 0.4) is 0 Å². The van der Waals surface area contributed by atoms with Gasteiger partial charge in [0.15, 0.2) is 0 Å². The maximum absolute atomic E-state index is 6.27. The molecular weight excluding hydrogens is 198 g/mol. The van der Waals surface area contributed by atoms with Crippen LogP contribution in [-0.4, -0.2) is 8.07 Å². The molecule has 0 amide bonds. The lowest BCUT2D eigenvalue weighted by molar-refractivity contribution is 0.508. The minimum Gasteiger partial charge on any atom is -0.324 e. The molecule has 0 saturated heterocycles. The van der Waals surface area contributed by atoms with E-state index in [9.17, 15) is 0 Å². The van der Waals surface area contributed by atoms with Gasteiger partial charge in [-0.1, -0.05) is 62.9 Å². The molecule has 2 atom stereocenters. The van der Waals surface area contributed by atoms with E-state index in [-0.39, 0.29) is 6.04 Å². The number of nitrogens with two attached hydrogens (primary N) is 1. The molecule has 2 unspecified atom stereocenters. The van der Waals surface area contributed by atoms with E-state index in [1.807, 2.05) is 6.07 Å². The van der Waals surface area contributed by atoms with Crippen LogP contribution >= 0.6 is 0 Å². The molecule has 0 aliphatic rings. The monoisotopic (exact) mass is 221 g/mol. The largest absolute Gasteiger partial charge is 0.324 e. The van der Waals surface area contributed by atoms with Crippen LogP contribution in [0.2, 0.25) is 25.7 Å². The van der Waals surface area contributed by atoms with Gasteiger partial charge in [0.25, 0.3) is 0 Å². The molecule has 2 N–H and O–H groups in total. The summed E-state index contributed by atoms with van der Waals surface area (Å²) >= 11 is 0. The lowest BCUT2D eigenvalue weighted by Crippen LogP contribution is -2.28. The fourth-order valence-electron chi connectivity index (χ4n) is 2.10. The van der Waals surface area contributed by atoms with Crippen molar-refractivity contribution in [2.45, 2.75) is 38.7 Å². The van der Waals surface area contributed by atoms with Gasteiger partial charge in [0.2, 0.25) is 0 Å². The van der Waals surface area contributed by atoms with E-state index in [1.165, 1.54) is 11.6 Å². The van der Waals surface area contributed by atoms with E-state index >= 15 is 0 Å². The van der Waals surface area contributed by atoms with Crippen LogP contribution in [-0.2, 0) is 0 Å². The van der Waals surface area contributed by atoms with Crippen molar-refractivity contribution < 1.29 is 0 Å². The standard InChI is InChI=1S/C13H23NSi/c1-11(10-15(2,3)4)13(14)12-8-6-5-7-9-12/h5-9,11,13H,10,14H2,1-4H3. The van der Waals surface area contributed by atoms with Crippen LogP contribution in [0.15, 0.2) is 30.3 Å². The molecule has 1 aromatic carbocycles. The lowest BCUT2D eigenvalue weighted by Gasteiger charge is -2.26. The van der Waals surface area contributed by atoms with Crippen molar-refractivity contribution >= 4 is 8.07 Å². The molecule has 0 aliphatic heterocycles. The van der Waals surface area contributed by atoms with E-state index in [2.05, 4.69) is 50.8 Å². The molecule has 0 fully saturated rings. The highest BCUT2D eigenvalue weighted by Gasteiger charge is 2.22. The van der Waals surface area contributed by atoms with E-state index in [4.69, 9.17) is 5.73 Å². The number of hydrogen-bond donors (Lipinski definition) is 1. The molecular formula is C13H23NSi. The minimum atomic E-state index is -0.996. The van der Waals surface area contributed by atoms with Crippen LogP contribution in [0.5, 0.6) is 0 Å². The van der Waals surface area contributed by atoms with Crippen LogP contribution in [0.4, 0.5) is 0 Å². The van der Waals surface area contributed by atoms with Gasteiger partial charge in [-0.05, 0) is 11.5 Å². The summed E-state index contributed by atoms with van der Waals surface area (Å²) in [6.45, 7) is 9.49. The zero-order valence-electron chi connectivity index (χ0n) is 10.3.